The second-order valence-corrected chi connectivity index (χ2v) is 14.5. The minimum absolute atomic E-state index is 0.908. The van der Waals surface area contributed by atoms with Gasteiger partial charge in [0, 0.05) is 33.4 Å². The molecule has 0 atom stereocenters. The molecule has 10 aromatic carbocycles. The Bertz CT molecular complexity index is 3180. The maximum absolute atomic E-state index is 6.40. The van der Waals surface area contributed by atoms with Gasteiger partial charge in [-0.1, -0.05) is 164 Å². The standard InChI is InChI=1S/C54H35NO/c1-2-11-36(12-3-1)37-21-28-41(29-22-37)55(43-32-25-39(26-33-43)44-18-10-19-51-50-17-8-9-20-53(50)56-54(44)51)42-30-23-38(24-31-42)40-27-34-49-47-15-5-4-13-45(47)46-14-6-7-16-48(46)52(49)35-40/h1-35H. The molecule has 0 aliphatic heterocycles. The van der Waals surface area contributed by atoms with Crippen LogP contribution in [0.1, 0.15) is 0 Å². The third-order valence-corrected chi connectivity index (χ3v) is 11.3. The molecule has 0 saturated carbocycles. The van der Waals surface area contributed by atoms with Crippen LogP contribution in [-0.4, -0.2) is 0 Å². The summed E-state index contributed by atoms with van der Waals surface area (Å²) in [5.74, 6) is 0. The lowest BCUT2D eigenvalue weighted by molar-refractivity contribution is 0.670. The summed E-state index contributed by atoms with van der Waals surface area (Å²) in [5, 5.41) is 9.99. The summed E-state index contributed by atoms with van der Waals surface area (Å²) in [6, 6.07) is 76.4. The average molecular weight is 714 g/mol. The Labute approximate surface area is 325 Å². The topological polar surface area (TPSA) is 16.4 Å². The molecule has 11 aromatic rings. The molecule has 0 bridgehead atoms. The molecule has 1 heterocycles. The third kappa shape index (κ3) is 5.34. The second-order valence-electron chi connectivity index (χ2n) is 14.5. The van der Waals surface area contributed by atoms with E-state index < -0.39 is 0 Å². The van der Waals surface area contributed by atoms with E-state index in [0.29, 0.717) is 0 Å². The molecular weight excluding hydrogens is 679 g/mol. The minimum atomic E-state index is 0.908. The fourth-order valence-electron chi connectivity index (χ4n) is 8.54. The molecule has 2 heteroatoms. The summed E-state index contributed by atoms with van der Waals surface area (Å²) in [6.45, 7) is 0. The molecule has 1 aromatic heterocycles. The number of nitrogens with zero attached hydrogens (tertiary/aromatic N) is 1. The molecule has 56 heavy (non-hydrogen) atoms. The van der Waals surface area contributed by atoms with Crippen molar-refractivity contribution in [2.45, 2.75) is 0 Å². The zero-order chi connectivity index (χ0) is 37.0. The van der Waals surface area contributed by atoms with Crippen molar-refractivity contribution in [2.24, 2.45) is 0 Å². The van der Waals surface area contributed by atoms with E-state index in [0.717, 1.165) is 50.1 Å². The largest absolute Gasteiger partial charge is 0.455 e. The highest BCUT2D eigenvalue weighted by Gasteiger charge is 2.16. The Kier molecular flexibility index (Phi) is 7.53. The number of benzene rings is 10. The van der Waals surface area contributed by atoms with Crippen LogP contribution in [0.15, 0.2) is 217 Å². The number of furan rings is 1. The number of hydrogen-bond acceptors (Lipinski definition) is 2. The van der Waals surface area contributed by atoms with Gasteiger partial charge in [0.05, 0.1) is 0 Å². The quantitative estimate of drug-likeness (QED) is 0.160. The lowest BCUT2D eigenvalue weighted by atomic mass is 9.92. The zero-order valence-electron chi connectivity index (χ0n) is 30.6. The van der Waals surface area contributed by atoms with Gasteiger partial charge in [-0.15, -0.1) is 0 Å². The molecule has 0 N–H and O–H groups in total. The normalized spacial score (nSPS) is 11.6. The van der Waals surface area contributed by atoms with Crippen molar-refractivity contribution >= 4 is 71.3 Å². The van der Waals surface area contributed by atoms with Crippen molar-refractivity contribution in [1.29, 1.82) is 0 Å². The van der Waals surface area contributed by atoms with Crippen molar-refractivity contribution in [1.82, 2.24) is 0 Å². The van der Waals surface area contributed by atoms with E-state index in [1.54, 1.807) is 0 Å². The van der Waals surface area contributed by atoms with Gasteiger partial charge in [0.15, 0.2) is 0 Å². The summed E-state index contributed by atoms with van der Waals surface area (Å²) in [7, 11) is 0. The van der Waals surface area contributed by atoms with Crippen LogP contribution < -0.4 is 4.90 Å². The fourth-order valence-corrected chi connectivity index (χ4v) is 8.54. The number of anilines is 3. The van der Waals surface area contributed by atoms with Gasteiger partial charge in [-0.05, 0) is 109 Å². The first kappa shape index (κ1) is 32.0. The molecular formula is C54H35NO. The van der Waals surface area contributed by atoms with Crippen LogP contribution in [0.2, 0.25) is 0 Å². The molecule has 0 amide bonds. The van der Waals surface area contributed by atoms with Gasteiger partial charge < -0.3 is 9.32 Å². The van der Waals surface area contributed by atoms with Crippen LogP contribution in [0, 0.1) is 0 Å². The van der Waals surface area contributed by atoms with Gasteiger partial charge in [0.2, 0.25) is 0 Å². The predicted molar refractivity (Wildman–Crippen MR) is 237 cm³/mol. The Morgan fingerprint density at radius 2 is 0.696 bits per heavy atom. The number of rotatable bonds is 6. The lowest BCUT2D eigenvalue weighted by Crippen LogP contribution is -2.09. The average Bonchev–Trinajstić information content (AvgIpc) is 3.67. The highest BCUT2D eigenvalue weighted by atomic mass is 16.3. The van der Waals surface area contributed by atoms with E-state index in [2.05, 4.69) is 205 Å². The summed E-state index contributed by atoms with van der Waals surface area (Å²) < 4.78 is 6.40. The molecule has 0 unspecified atom stereocenters. The van der Waals surface area contributed by atoms with Crippen LogP contribution in [-0.2, 0) is 0 Å². The summed E-state index contributed by atoms with van der Waals surface area (Å²) >= 11 is 0. The van der Waals surface area contributed by atoms with E-state index in [1.807, 2.05) is 12.1 Å². The van der Waals surface area contributed by atoms with Crippen LogP contribution in [0.4, 0.5) is 17.1 Å². The van der Waals surface area contributed by atoms with Gasteiger partial charge in [-0.3, -0.25) is 0 Å². The van der Waals surface area contributed by atoms with Crippen molar-refractivity contribution in [3.63, 3.8) is 0 Å². The van der Waals surface area contributed by atoms with Gasteiger partial charge in [-0.25, -0.2) is 0 Å². The first-order valence-electron chi connectivity index (χ1n) is 19.2. The van der Waals surface area contributed by atoms with Crippen molar-refractivity contribution < 1.29 is 4.42 Å². The molecule has 0 aliphatic rings. The highest BCUT2D eigenvalue weighted by Crippen LogP contribution is 2.41. The van der Waals surface area contributed by atoms with Gasteiger partial charge in [0.1, 0.15) is 11.2 Å². The molecule has 0 radical (unpaired) electrons. The van der Waals surface area contributed by atoms with Gasteiger partial charge in [-0.2, -0.15) is 0 Å². The van der Waals surface area contributed by atoms with Crippen LogP contribution in [0.3, 0.4) is 0 Å². The number of para-hydroxylation sites is 2. The number of hydrogen-bond donors (Lipinski definition) is 0. The van der Waals surface area contributed by atoms with Crippen LogP contribution in [0.25, 0.3) is 87.6 Å². The maximum Gasteiger partial charge on any atom is 0.143 e. The van der Waals surface area contributed by atoms with E-state index in [1.165, 1.54) is 54.6 Å². The fraction of sp³-hybridized carbons (Fsp3) is 0. The Morgan fingerprint density at radius 1 is 0.268 bits per heavy atom. The van der Waals surface area contributed by atoms with Gasteiger partial charge >= 0.3 is 0 Å². The summed E-state index contributed by atoms with van der Waals surface area (Å²) in [6.07, 6.45) is 0. The van der Waals surface area contributed by atoms with Crippen molar-refractivity contribution in [3.05, 3.63) is 212 Å². The summed E-state index contributed by atoms with van der Waals surface area (Å²) in [4.78, 5) is 2.34. The highest BCUT2D eigenvalue weighted by molar-refractivity contribution is 6.25. The molecule has 262 valence electrons. The zero-order valence-corrected chi connectivity index (χ0v) is 30.6. The van der Waals surface area contributed by atoms with E-state index in [4.69, 9.17) is 4.42 Å². The van der Waals surface area contributed by atoms with Crippen LogP contribution >= 0.6 is 0 Å². The smallest absolute Gasteiger partial charge is 0.143 e. The molecule has 0 aliphatic carbocycles. The second kappa shape index (κ2) is 13.2. The van der Waals surface area contributed by atoms with E-state index >= 15 is 0 Å². The first-order valence-corrected chi connectivity index (χ1v) is 19.2. The van der Waals surface area contributed by atoms with E-state index in [-0.39, 0.29) is 0 Å². The Morgan fingerprint density at radius 3 is 1.30 bits per heavy atom. The first-order chi connectivity index (χ1) is 27.8. The summed E-state index contributed by atoms with van der Waals surface area (Å²) in [5.41, 5.74) is 12.1. The molecule has 0 spiro atoms. The molecule has 2 nitrogen and oxygen atoms in total. The molecule has 0 fully saturated rings. The SMILES string of the molecule is c1ccc(-c2ccc(N(c3ccc(-c4ccc5c6ccccc6c6ccccc6c5c4)cc3)c3ccc(-c4cccc5c4oc4ccccc45)cc3)cc2)cc1. The minimum Gasteiger partial charge on any atom is -0.455 e. The Balaban J connectivity index is 0.995. The van der Waals surface area contributed by atoms with Crippen molar-refractivity contribution in [3.8, 4) is 33.4 Å². The van der Waals surface area contributed by atoms with Gasteiger partial charge in [0.25, 0.3) is 0 Å². The third-order valence-electron chi connectivity index (χ3n) is 11.3. The molecule has 11 rings (SSSR count). The monoisotopic (exact) mass is 713 g/mol. The predicted octanol–water partition coefficient (Wildman–Crippen LogP) is 15.5. The number of fused-ring (bicyclic) bond motifs is 9. The van der Waals surface area contributed by atoms with Crippen molar-refractivity contribution in [2.75, 3.05) is 4.90 Å². The Hall–Kier alpha value is -7.42. The van der Waals surface area contributed by atoms with E-state index in [9.17, 15) is 0 Å². The maximum atomic E-state index is 6.40. The van der Waals surface area contributed by atoms with Crippen LogP contribution in [0.5, 0.6) is 0 Å². The molecule has 0 saturated heterocycles. The lowest BCUT2D eigenvalue weighted by Gasteiger charge is -2.26.